The van der Waals surface area contributed by atoms with Crippen LogP contribution < -0.4 is 4.74 Å². The van der Waals surface area contributed by atoms with E-state index in [4.69, 9.17) is 18.9 Å². The van der Waals surface area contributed by atoms with Gasteiger partial charge in [0.15, 0.2) is 12.2 Å². The molecule has 1 aliphatic heterocycles. The quantitative estimate of drug-likeness (QED) is 0.437. The fourth-order valence-corrected chi connectivity index (χ4v) is 1.91. The van der Waals surface area contributed by atoms with Crippen molar-refractivity contribution in [3.05, 3.63) is 24.3 Å². The van der Waals surface area contributed by atoms with Crippen molar-refractivity contribution in [2.24, 2.45) is 4.99 Å². The SMILES string of the molecule is CCOC(CC1OC1OCC)=Nc1ccccc1OC. The molecule has 0 bridgehead atoms. The molecule has 2 unspecified atom stereocenters. The smallest absolute Gasteiger partial charge is 0.191 e. The van der Waals surface area contributed by atoms with Crippen LogP contribution in [0.2, 0.25) is 0 Å². The van der Waals surface area contributed by atoms with Crippen LogP contribution in [-0.4, -0.2) is 38.6 Å². The van der Waals surface area contributed by atoms with E-state index >= 15 is 0 Å². The van der Waals surface area contributed by atoms with E-state index in [2.05, 4.69) is 4.99 Å². The Morgan fingerprint density at radius 2 is 2.05 bits per heavy atom. The summed E-state index contributed by atoms with van der Waals surface area (Å²) in [5.74, 6) is 1.37. The van der Waals surface area contributed by atoms with E-state index in [0.29, 0.717) is 25.5 Å². The molecule has 2 atom stereocenters. The summed E-state index contributed by atoms with van der Waals surface area (Å²) in [6, 6.07) is 7.60. The van der Waals surface area contributed by atoms with Gasteiger partial charge in [0, 0.05) is 6.61 Å². The zero-order chi connectivity index (χ0) is 14.4. The molecule has 2 rings (SSSR count). The third kappa shape index (κ3) is 3.95. The fourth-order valence-electron chi connectivity index (χ4n) is 1.91. The number of nitrogens with zero attached hydrogens (tertiary/aromatic N) is 1. The van der Waals surface area contributed by atoms with Gasteiger partial charge < -0.3 is 18.9 Å². The topological polar surface area (TPSA) is 52.6 Å². The number of rotatable bonds is 7. The van der Waals surface area contributed by atoms with Crippen LogP contribution in [0.1, 0.15) is 20.3 Å². The number of benzene rings is 1. The van der Waals surface area contributed by atoms with Gasteiger partial charge in [-0.3, -0.25) is 0 Å². The molecule has 1 aromatic carbocycles. The minimum atomic E-state index is -0.122. The Morgan fingerprint density at radius 1 is 1.25 bits per heavy atom. The average molecular weight is 279 g/mol. The van der Waals surface area contributed by atoms with Crippen molar-refractivity contribution in [2.45, 2.75) is 32.7 Å². The molecule has 1 saturated heterocycles. The van der Waals surface area contributed by atoms with Crippen LogP contribution in [-0.2, 0) is 14.2 Å². The standard InChI is InChI=1S/C15H21NO4/c1-4-18-14(10-13-15(20-13)19-5-2)16-11-8-6-7-9-12(11)17-3/h6-9,13,15H,4-5,10H2,1-3H3. The van der Waals surface area contributed by atoms with Gasteiger partial charge in [-0.2, -0.15) is 0 Å². The number of aliphatic imine (C=N–C) groups is 1. The lowest BCUT2D eigenvalue weighted by molar-refractivity contribution is 0.0593. The summed E-state index contributed by atoms with van der Waals surface area (Å²) >= 11 is 0. The van der Waals surface area contributed by atoms with Crippen molar-refractivity contribution in [1.29, 1.82) is 0 Å². The van der Waals surface area contributed by atoms with Crippen molar-refractivity contribution in [3.63, 3.8) is 0 Å². The second-order valence-corrected chi connectivity index (χ2v) is 4.31. The lowest BCUT2D eigenvalue weighted by Gasteiger charge is -2.08. The van der Waals surface area contributed by atoms with E-state index in [1.807, 2.05) is 38.1 Å². The van der Waals surface area contributed by atoms with Crippen molar-refractivity contribution in [1.82, 2.24) is 0 Å². The molecule has 0 saturated carbocycles. The summed E-state index contributed by atoms with van der Waals surface area (Å²) < 4.78 is 21.7. The highest BCUT2D eigenvalue weighted by atomic mass is 16.8. The van der Waals surface area contributed by atoms with Gasteiger partial charge in [-0.25, -0.2) is 4.99 Å². The van der Waals surface area contributed by atoms with Gasteiger partial charge in [0.2, 0.25) is 0 Å². The van der Waals surface area contributed by atoms with Crippen LogP contribution in [0.5, 0.6) is 5.75 Å². The largest absolute Gasteiger partial charge is 0.494 e. The molecule has 0 spiro atoms. The molecule has 5 heteroatoms. The van der Waals surface area contributed by atoms with Gasteiger partial charge in [0.1, 0.15) is 17.5 Å². The lowest BCUT2D eigenvalue weighted by Crippen LogP contribution is -2.10. The fraction of sp³-hybridized carbons (Fsp3) is 0.533. The van der Waals surface area contributed by atoms with E-state index in [1.54, 1.807) is 7.11 Å². The third-order valence-electron chi connectivity index (χ3n) is 2.88. The number of hydrogen-bond donors (Lipinski definition) is 0. The molecule has 1 heterocycles. The Kier molecular flexibility index (Phi) is 5.38. The van der Waals surface area contributed by atoms with E-state index in [-0.39, 0.29) is 12.4 Å². The summed E-state index contributed by atoms with van der Waals surface area (Å²) in [6.45, 7) is 5.10. The second-order valence-electron chi connectivity index (χ2n) is 4.31. The molecular formula is C15H21NO4. The van der Waals surface area contributed by atoms with Gasteiger partial charge >= 0.3 is 0 Å². The highest BCUT2D eigenvalue weighted by Gasteiger charge is 2.41. The van der Waals surface area contributed by atoms with Crippen LogP contribution in [0.4, 0.5) is 5.69 Å². The Bertz CT molecular complexity index is 461. The van der Waals surface area contributed by atoms with Crippen LogP contribution in [0.25, 0.3) is 0 Å². The molecule has 0 N–H and O–H groups in total. The number of para-hydroxylation sites is 2. The molecule has 5 nitrogen and oxygen atoms in total. The van der Waals surface area contributed by atoms with Gasteiger partial charge in [0.25, 0.3) is 0 Å². The van der Waals surface area contributed by atoms with Crippen LogP contribution in [0, 0.1) is 0 Å². The molecule has 1 aliphatic rings. The van der Waals surface area contributed by atoms with Gasteiger partial charge in [-0.1, -0.05) is 12.1 Å². The number of methoxy groups -OCH3 is 1. The number of epoxide rings is 1. The first kappa shape index (κ1) is 14.8. The Hall–Kier alpha value is -1.59. The van der Waals surface area contributed by atoms with Crippen LogP contribution in [0.15, 0.2) is 29.3 Å². The number of hydrogen-bond acceptors (Lipinski definition) is 5. The number of ether oxygens (including phenoxy) is 4. The lowest BCUT2D eigenvalue weighted by atomic mass is 10.3. The third-order valence-corrected chi connectivity index (χ3v) is 2.88. The molecule has 0 radical (unpaired) electrons. The van der Waals surface area contributed by atoms with E-state index in [9.17, 15) is 0 Å². The minimum Gasteiger partial charge on any atom is -0.494 e. The Balaban J connectivity index is 2.06. The summed E-state index contributed by atoms with van der Waals surface area (Å²) in [6.07, 6.45) is 0.523. The van der Waals surface area contributed by atoms with Crippen molar-refractivity contribution >= 4 is 11.6 Å². The zero-order valence-electron chi connectivity index (χ0n) is 12.2. The van der Waals surface area contributed by atoms with E-state index < -0.39 is 0 Å². The summed E-state index contributed by atoms with van der Waals surface area (Å²) in [7, 11) is 1.63. The second kappa shape index (κ2) is 7.26. The molecule has 20 heavy (non-hydrogen) atoms. The zero-order valence-corrected chi connectivity index (χ0v) is 12.2. The average Bonchev–Trinajstić information content (AvgIpc) is 3.18. The minimum absolute atomic E-state index is 0.0370. The van der Waals surface area contributed by atoms with Crippen molar-refractivity contribution in [2.75, 3.05) is 20.3 Å². The van der Waals surface area contributed by atoms with E-state index in [1.165, 1.54) is 0 Å². The Labute approximate surface area is 119 Å². The molecule has 0 aliphatic carbocycles. The summed E-state index contributed by atoms with van der Waals surface area (Å²) in [5.41, 5.74) is 0.757. The maximum absolute atomic E-state index is 5.58. The predicted octanol–water partition coefficient (Wildman–Crippen LogP) is 2.91. The maximum Gasteiger partial charge on any atom is 0.191 e. The van der Waals surface area contributed by atoms with Crippen LogP contribution >= 0.6 is 0 Å². The summed E-state index contributed by atoms with van der Waals surface area (Å²) in [5, 5.41) is 0. The molecule has 0 aromatic heterocycles. The first-order valence-corrected chi connectivity index (χ1v) is 6.88. The monoisotopic (exact) mass is 279 g/mol. The molecule has 1 fully saturated rings. The molecule has 1 aromatic rings. The highest BCUT2D eigenvalue weighted by molar-refractivity contribution is 5.81. The highest BCUT2D eigenvalue weighted by Crippen LogP contribution is 2.30. The predicted molar refractivity (Wildman–Crippen MR) is 76.6 cm³/mol. The van der Waals surface area contributed by atoms with E-state index in [0.717, 1.165) is 11.4 Å². The van der Waals surface area contributed by atoms with Crippen LogP contribution in [0.3, 0.4) is 0 Å². The van der Waals surface area contributed by atoms with Crippen molar-refractivity contribution in [3.8, 4) is 5.75 Å². The first-order valence-electron chi connectivity index (χ1n) is 6.88. The summed E-state index contributed by atoms with van der Waals surface area (Å²) in [4.78, 5) is 4.53. The van der Waals surface area contributed by atoms with Gasteiger partial charge in [-0.05, 0) is 26.0 Å². The first-order chi connectivity index (χ1) is 9.78. The maximum atomic E-state index is 5.58. The molecular weight excluding hydrogens is 258 g/mol. The van der Waals surface area contributed by atoms with Gasteiger partial charge in [0.05, 0.1) is 20.1 Å². The molecule has 0 amide bonds. The van der Waals surface area contributed by atoms with Crippen molar-refractivity contribution < 1.29 is 18.9 Å². The Morgan fingerprint density at radius 3 is 2.75 bits per heavy atom. The molecule has 110 valence electrons. The van der Waals surface area contributed by atoms with Gasteiger partial charge in [-0.15, -0.1) is 0 Å². The normalized spacial score (nSPS) is 21.6.